The van der Waals surface area contributed by atoms with Gasteiger partial charge in [0.15, 0.2) is 0 Å². The van der Waals surface area contributed by atoms with E-state index < -0.39 is 0 Å². The second-order valence-corrected chi connectivity index (χ2v) is 10.9. The highest BCUT2D eigenvalue weighted by atomic mass is 35.5. The molecule has 0 fully saturated rings. The van der Waals surface area contributed by atoms with Crippen molar-refractivity contribution in [2.45, 2.75) is 39.7 Å². The highest BCUT2D eigenvalue weighted by Crippen LogP contribution is 2.37. The van der Waals surface area contributed by atoms with E-state index in [0.29, 0.717) is 0 Å². The maximum Gasteiger partial charge on any atom is 0.214 e. The summed E-state index contributed by atoms with van der Waals surface area (Å²) >= 11 is 7.09. The summed E-state index contributed by atoms with van der Waals surface area (Å²) in [6.07, 6.45) is 12.2. The van der Waals surface area contributed by atoms with Crippen molar-refractivity contribution in [3.63, 3.8) is 0 Å². The average molecular weight is 528 g/mol. The van der Waals surface area contributed by atoms with E-state index in [-0.39, 0.29) is 0 Å². The lowest BCUT2D eigenvalue weighted by Gasteiger charge is -2.16. The fourth-order valence-electron chi connectivity index (χ4n) is 6.68. The van der Waals surface area contributed by atoms with Crippen molar-refractivity contribution in [3.8, 4) is 0 Å². The lowest BCUT2D eigenvalue weighted by Crippen LogP contribution is -2.15. The first kappa shape index (κ1) is 24.2. The van der Waals surface area contributed by atoms with E-state index in [2.05, 4.69) is 120 Å². The number of allylic oxidation sites excluding steroid dienone is 6. The van der Waals surface area contributed by atoms with Gasteiger partial charge in [0.2, 0.25) is 11.4 Å². The van der Waals surface area contributed by atoms with E-state index >= 15 is 0 Å². The minimum atomic E-state index is 0.906. The van der Waals surface area contributed by atoms with Crippen LogP contribution in [0.25, 0.3) is 38.5 Å². The van der Waals surface area contributed by atoms with E-state index in [1.165, 1.54) is 65.9 Å². The van der Waals surface area contributed by atoms with Gasteiger partial charge < -0.3 is 4.57 Å². The van der Waals surface area contributed by atoms with E-state index in [0.717, 1.165) is 37.4 Å². The van der Waals surface area contributed by atoms with Crippen molar-refractivity contribution in [1.29, 1.82) is 0 Å². The normalized spacial score (nSPS) is 17.4. The molecule has 0 spiro atoms. The molecule has 0 amide bonds. The predicted octanol–water partition coefficient (Wildman–Crippen LogP) is 8.79. The molecular formula is C36H32ClN2+. The van der Waals surface area contributed by atoms with E-state index in [9.17, 15) is 0 Å². The summed E-state index contributed by atoms with van der Waals surface area (Å²) in [5.74, 6) is 0. The van der Waals surface area contributed by atoms with E-state index in [4.69, 9.17) is 11.6 Å². The molecule has 3 heteroatoms. The Bertz CT molecular complexity index is 1950. The number of aromatic nitrogens is 1. The Morgan fingerprint density at radius 2 is 1.56 bits per heavy atom. The van der Waals surface area contributed by atoms with Gasteiger partial charge in [0.1, 0.15) is 6.54 Å². The van der Waals surface area contributed by atoms with Gasteiger partial charge in [-0.25, -0.2) is 0 Å². The standard InChI is InChI=1S/C36H32ClN2/c1-3-38-30(28-16-6-10-24-12-8-18-32(38)34(24)28)22-20-26-14-5-15-27(36(26)37)21-23-31-29-17-7-11-25-13-9-19-33(35(25)29)39(31)4-2/h6-13,16-23H,3-5,14-15H2,1-2H3/q+1. The molecule has 0 atom stereocenters. The molecule has 1 aromatic heterocycles. The Kier molecular flexibility index (Phi) is 6.01. The quantitative estimate of drug-likeness (QED) is 0.202. The second kappa shape index (κ2) is 9.70. The molecule has 0 radical (unpaired) electrons. The molecular weight excluding hydrogens is 496 g/mol. The maximum atomic E-state index is 7.09. The fraction of sp³-hybridized carbons (Fsp3) is 0.194. The van der Waals surface area contributed by atoms with Gasteiger partial charge in [0.25, 0.3) is 0 Å². The minimum absolute atomic E-state index is 0.906. The molecule has 39 heavy (non-hydrogen) atoms. The Morgan fingerprint density at radius 3 is 2.36 bits per heavy atom. The highest BCUT2D eigenvalue weighted by Gasteiger charge is 2.29. The van der Waals surface area contributed by atoms with Crippen LogP contribution in [0.15, 0.2) is 107 Å². The largest absolute Gasteiger partial charge is 0.341 e. The van der Waals surface area contributed by atoms with Crippen LogP contribution in [-0.2, 0) is 6.54 Å². The van der Waals surface area contributed by atoms with Gasteiger partial charge in [-0.2, -0.15) is 4.58 Å². The highest BCUT2D eigenvalue weighted by molar-refractivity contribution is 6.32. The summed E-state index contributed by atoms with van der Waals surface area (Å²) in [7, 11) is 0. The fourth-order valence-corrected chi connectivity index (χ4v) is 6.99. The van der Waals surface area contributed by atoms with Crippen molar-refractivity contribution >= 4 is 61.5 Å². The molecule has 1 aliphatic carbocycles. The summed E-state index contributed by atoms with van der Waals surface area (Å²) in [5, 5.41) is 8.77. The van der Waals surface area contributed by atoms with Crippen LogP contribution in [0, 0.1) is 0 Å². The zero-order valence-corrected chi connectivity index (χ0v) is 23.3. The van der Waals surface area contributed by atoms with Crippen LogP contribution in [0.1, 0.15) is 38.7 Å². The molecule has 1 aliphatic heterocycles. The first-order valence-corrected chi connectivity index (χ1v) is 14.5. The molecule has 2 nitrogen and oxygen atoms in total. The number of benzene rings is 4. The third kappa shape index (κ3) is 3.81. The number of halogens is 1. The number of hydrogen-bond donors (Lipinski definition) is 0. The molecule has 2 aliphatic rings. The summed E-state index contributed by atoms with van der Waals surface area (Å²) in [5.41, 5.74) is 7.62. The number of hydrogen-bond acceptors (Lipinski definition) is 0. The van der Waals surface area contributed by atoms with Crippen LogP contribution >= 0.6 is 11.6 Å². The molecule has 0 saturated carbocycles. The number of aryl methyl sites for hydroxylation is 1. The molecule has 4 aromatic carbocycles. The van der Waals surface area contributed by atoms with Gasteiger partial charge >= 0.3 is 0 Å². The van der Waals surface area contributed by atoms with Gasteiger partial charge in [-0.15, -0.1) is 0 Å². The molecule has 0 saturated heterocycles. The Balaban J connectivity index is 1.30. The molecule has 192 valence electrons. The zero-order chi connectivity index (χ0) is 26.5. The maximum absolute atomic E-state index is 7.09. The van der Waals surface area contributed by atoms with Gasteiger partial charge in [-0.1, -0.05) is 78.4 Å². The topological polar surface area (TPSA) is 7.94 Å². The predicted molar refractivity (Wildman–Crippen MR) is 167 cm³/mol. The van der Waals surface area contributed by atoms with Crippen molar-refractivity contribution in [3.05, 3.63) is 118 Å². The second-order valence-electron chi connectivity index (χ2n) is 10.5. The lowest BCUT2D eigenvalue weighted by atomic mass is 9.93. The van der Waals surface area contributed by atoms with Crippen LogP contribution in [0.4, 0.5) is 5.69 Å². The Labute approximate surface area is 234 Å². The van der Waals surface area contributed by atoms with Gasteiger partial charge in [-0.3, -0.25) is 0 Å². The summed E-state index contributed by atoms with van der Waals surface area (Å²) < 4.78 is 4.84. The third-order valence-electron chi connectivity index (χ3n) is 8.45. The van der Waals surface area contributed by atoms with Crippen LogP contribution in [0.2, 0.25) is 0 Å². The third-order valence-corrected chi connectivity index (χ3v) is 8.94. The van der Waals surface area contributed by atoms with Crippen molar-refractivity contribution in [2.24, 2.45) is 0 Å². The lowest BCUT2D eigenvalue weighted by molar-refractivity contribution is -0.430. The number of rotatable bonds is 5. The molecule has 0 N–H and O–H groups in total. The van der Waals surface area contributed by atoms with Gasteiger partial charge in [0.05, 0.1) is 10.9 Å². The van der Waals surface area contributed by atoms with Crippen LogP contribution in [0.5, 0.6) is 0 Å². The Morgan fingerprint density at radius 1 is 0.821 bits per heavy atom. The monoisotopic (exact) mass is 527 g/mol. The van der Waals surface area contributed by atoms with E-state index in [1.54, 1.807) is 0 Å². The van der Waals surface area contributed by atoms with E-state index in [1.807, 2.05) is 0 Å². The molecule has 0 bridgehead atoms. The molecule has 5 aromatic rings. The SMILES string of the molecule is CCn1c(=CC=C2CCCC(C=CC3=[N+](CC)c4cccc5cccc3c45)=C2Cl)c2cccc3cccc1c32. The van der Waals surface area contributed by atoms with Crippen LogP contribution in [-0.4, -0.2) is 21.4 Å². The van der Waals surface area contributed by atoms with Crippen molar-refractivity contribution < 1.29 is 4.58 Å². The molecule has 7 rings (SSSR count). The number of nitrogens with zero attached hydrogens (tertiary/aromatic N) is 2. The zero-order valence-electron chi connectivity index (χ0n) is 22.5. The average Bonchev–Trinajstić information content (AvgIpc) is 3.46. The minimum Gasteiger partial charge on any atom is -0.341 e. The Hall–Kier alpha value is -3.88. The van der Waals surface area contributed by atoms with Crippen molar-refractivity contribution in [1.82, 2.24) is 4.57 Å². The van der Waals surface area contributed by atoms with Gasteiger partial charge in [-0.05, 0) is 73.2 Å². The molecule has 2 heterocycles. The van der Waals surface area contributed by atoms with Crippen molar-refractivity contribution in [2.75, 3.05) is 6.54 Å². The molecule has 0 unspecified atom stereocenters. The summed E-state index contributed by atoms with van der Waals surface area (Å²) in [6.45, 7) is 6.31. The summed E-state index contributed by atoms with van der Waals surface area (Å²) in [6, 6.07) is 26.4. The smallest absolute Gasteiger partial charge is 0.214 e. The first-order chi connectivity index (χ1) is 19.2. The van der Waals surface area contributed by atoms with Crippen LogP contribution < -0.4 is 5.35 Å². The first-order valence-electron chi connectivity index (χ1n) is 14.1. The summed E-state index contributed by atoms with van der Waals surface area (Å²) in [4.78, 5) is 0. The van der Waals surface area contributed by atoms with Crippen LogP contribution in [0.3, 0.4) is 0 Å². The van der Waals surface area contributed by atoms with Gasteiger partial charge in [0, 0.05) is 45.4 Å².